The predicted molar refractivity (Wildman–Crippen MR) is 84.7 cm³/mol. The second-order valence-electron chi connectivity index (χ2n) is 4.71. The lowest BCUT2D eigenvalue weighted by molar-refractivity contribution is 0.0695. The minimum Gasteiger partial charge on any atom is -0.477 e. The van der Waals surface area contributed by atoms with E-state index in [0.29, 0.717) is 11.3 Å². The molecule has 0 spiro atoms. The number of carbonyl (C=O) groups is 1. The molecular formula is C17H12N2O3. The molecule has 0 fully saturated rings. The van der Waals surface area contributed by atoms with E-state index in [0.717, 1.165) is 5.56 Å². The van der Waals surface area contributed by atoms with E-state index < -0.39 is 11.4 Å². The average Bonchev–Trinajstić information content (AvgIpc) is 2.54. The van der Waals surface area contributed by atoms with Gasteiger partial charge in [0.15, 0.2) is 0 Å². The van der Waals surface area contributed by atoms with E-state index >= 15 is 0 Å². The predicted octanol–water partition coefficient (Wildman–Crippen LogP) is 2.79. The van der Waals surface area contributed by atoms with Crippen LogP contribution in [0.1, 0.15) is 21.6 Å². The molecule has 2 heterocycles. The molecule has 5 nitrogen and oxygen atoms in total. The van der Waals surface area contributed by atoms with Gasteiger partial charge in [-0.3, -0.25) is 4.79 Å². The number of pyridine rings is 2. The van der Waals surface area contributed by atoms with Gasteiger partial charge in [-0.2, -0.15) is 0 Å². The molecule has 2 aromatic heterocycles. The molecule has 0 bridgehead atoms. The van der Waals surface area contributed by atoms with E-state index in [2.05, 4.69) is 9.97 Å². The van der Waals surface area contributed by atoms with E-state index in [9.17, 15) is 9.59 Å². The van der Waals surface area contributed by atoms with Crippen molar-refractivity contribution in [2.75, 3.05) is 0 Å². The van der Waals surface area contributed by atoms with Gasteiger partial charge < -0.3 is 10.1 Å². The monoisotopic (exact) mass is 292 g/mol. The number of rotatable bonds is 3. The summed E-state index contributed by atoms with van der Waals surface area (Å²) in [6.45, 7) is 0. The normalized spacial score (nSPS) is 11.1. The van der Waals surface area contributed by atoms with Crippen molar-refractivity contribution >= 4 is 29.2 Å². The van der Waals surface area contributed by atoms with E-state index in [-0.39, 0.29) is 10.9 Å². The van der Waals surface area contributed by atoms with Crippen LogP contribution in [0.15, 0.2) is 53.5 Å². The van der Waals surface area contributed by atoms with Crippen LogP contribution in [0.4, 0.5) is 0 Å². The van der Waals surface area contributed by atoms with Gasteiger partial charge in [0.2, 0.25) is 5.43 Å². The van der Waals surface area contributed by atoms with Crippen LogP contribution in [0.5, 0.6) is 0 Å². The highest BCUT2D eigenvalue weighted by Crippen LogP contribution is 2.10. The Balaban J connectivity index is 2.01. The Morgan fingerprint density at radius 1 is 1.09 bits per heavy atom. The minimum absolute atomic E-state index is 0.261. The molecule has 0 amide bonds. The maximum atomic E-state index is 12.0. The van der Waals surface area contributed by atoms with Gasteiger partial charge in [0, 0.05) is 6.20 Å². The van der Waals surface area contributed by atoms with Gasteiger partial charge in [-0.25, -0.2) is 9.78 Å². The largest absolute Gasteiger partial charge is 0.477 e. The standard InChI is InChI=1S/C17H12N2O3/c20-15-13-9-8-12(7-6-11-4-2-1-3-5-11)19-16(13)18-10-14(15)17(21)22/h1-10H,(H,21,22)(H,18,19,20). The number of aromatic amines is 1. The minimum atomic E-state index is -1.25. The molecule has 0 saturated carbocycles. The maximum Gasteiger partial charge on any atom is 0.341 e. The van der Waals surface area contributed by atoms with Crippen molar-refractivity contribution in [3.63, 3.8) is 0 Å². The number of hydrogen-bond donors (Lipinski definition) is 2. The van der Waals surface area contributed by atoms with Crippen LogP contribution >= 0.6 is 0 Å². The quantitative estimate of drug-likeness (QED) is 0.777. The number of carboxylic acid groups (broad SMARTS) is 1. The molecule has 5 heteroatoms. The van der Waals surface area contributed by atoms with Crippen molar-refractivity contribution in [1.82, 2.24) is 9.97 Å². The van der Waals surface area contributed by atoms with E-state index in [1.807, 2.05) is 42.5 Å². The molecule has 3 aromatic rings. The number of benzene rings is 1. The second-order valence-corrected chi connectivity index (χ2v) is 4.71. The number of nitrogens with zero attached hydrogens (tertiary/aromatic N) is 1. The lowest BCUT2D eigenvalue weighted by Crippen LogP contribution is -2.15. The van der Waals surface area contributed by atoms with Crippen molar-refractivity contribution in [2.24, 2.45) is 0 Å². The Hall–Kier alpha value is -3.21. The molecule has 0 saturated heterocycles. The van der Waals surface area contributed by atoms with Crippen molar-refractivity contribution < 1.29 is 9.90 Å². The topological polar surface area (TPSA) is 83.0 Å². The first kappa shape index (κ1) is 13.8. The van der Waals surface area contributed by atoms with Crippen LogP contribution in [0.25, 0.3) is 23.2 Å². The number of hydrogen-bond acceptors (Lipinski definition) is 3. The van der Waals surface area contributed by atoms with Gasteiger partial charge >= 0.3 is 5.97 Å². The lowest BCUT2D eigenvalue weighted by Gasteiger charge is -2.00. The van der Waals surface area contributed by atoms with E-state index in [1.165, 1.54) is 6.20 Å². The Bertz CT molecular complexity index is 928. The third-order valence-corrected chi connectivity index (χ3v) is 3.24. The molecule has 0 aliphatic rings. The van der Waals surface area contributed by atoms with Gasteiger partial charge in [-0.1, -0.05) is 36.4 Å². The molecular weight excluding hydrogens is 280 g/mol. The molecule has 2 N–H and O–H groups in total. The Morgan fingerprint density at radius 2 is 1.86 bits per heavy atom. The van der Waals surface area contributed by atoms with Crippen molar-refractivity contribution in [3.8, 4) is 0 Å². The summed E-state index contributed by atoms with van der Waals surface area (Å²) in [5.41, 5.74) is 1.26. The summed E-state index contributed by atoms with van der Waals surface area (Å²) >= 11 is 0. The Kier molecular flexibility index (Phi) is 3.53. The summed E-state index contributed by atoms with van der Waals surface area (Å²) in [7, 11) is 0. The van der Waals surface area contributed by atoms with Crippen molar-refractivity contribution in [3.05, 3.63) is 75.7 Å². The van der Waals surface area contributed by atoms with Crippen LogP contribution < -0.4 is 5.43 Å². The molecule has 0 aliphatic carbocycles. The summed E-state index contributed by atoms with van der Waals surface area (Å²) in [4.78, 5) is 30.0. The first-order valence-corrected chi connectivity index (χ1v) is 6.64. The highest BCUT2D eigenvalue weighted by atomic mass is 16.4. The fourth-order valence-electron chi connectivity index (χ4n) is 2.12. The van der Waals surface area contributed by atoms with Crippen molar-refractivity contribution in [2.45, 2.75) is 0 Å². The molecule has 0 aliphatic heterocycles. The molecule has 0 radical (unpaired) electrons. The van der Waals surface area contributed by atoms with Crippen LogP contribution in [-0.2, 0) is 0 Å². The fraction of sp³-hybridized carbons (Fsp3) is 0. The number of fused-ring (bicyclic) bond motifs is 1. The lowest BCUT2D eigenvalue weighted by atomic mass is 10.1. The van der Waals surface area contributed by atoms with E-state index in [4.69, 9.17) is 5.11 Å². The Labute approximate surface area is 125 Å². The first-order valence-electron chi connectivity index (χ1n) is 6.64. The van der Waals surface area contributed by atoms with Gasteiger partial charge in [0.25, 0.3) is 0 Å². The molecule has 0 atom stereocenters. The van der Waals surface area contributed by atoms with Gasteiger partial charge in [0.1, 0.15) is 11.2 Å². The smallest absolute Gasteiger partial charge is 0.341 e. The summed E-state index contributed by atoms with van der Waals surface area (Å²) in [6.07, 6.45) is 4.92. The molecule has 0 unspecified atom stereocenters. The summed E-state index contributed by atoms with van der Waals surface area (Å²) < 4.78 is 0. The number of aromatic nitrogens is 2. The molecule has 1 aromatic carbocycles. The third kappa shape index (κ3) is 2.64. The van der Waals surface area contributed by atoms with Gasteiger partial charge in [-0.15, -0.1) is 0 Å². The zero-order valence-electron chi connectivity index (χ0n) is 11.5. The van der Waals surface area contributed by atoms with Crippen LogP contribution in [-0.4, -0.2) is 21.0 Å². The zero-order chi connectivity index (χ0) is 15.5. The second kappa shape index (κ2) is 5.65. The SMILES string of the molecule is O=C(O)c1c[nH]c2nc(C=Cc3ccccc3)ccc2c1=O. The number of carboxylic acids is 1. The summed E-state index contributed by atoms with van der Waals surface area (Å²) in [5, 5.41) is 9.20. The summed E-state index contributed by atoms with van der Waals surface area (Å²) in [6, 6.07) is 13.0. The third-order valence-electron chi connectivity index (χ3n) is 3.24. The van der Waals surface area contributed by atoms with Crippen LogP contribution in [0.2, 0.25) is 0 Å². The highest BCUT2D eigenvalue weighted by Gasteiger charge is 2.11. The Morgan fingerprint density at radius 3 is 2.59 bits per heavy atom. The van der Waals surface area contributed by atoms with Crippen molar-refractivity contribution in [1.29, 1.82) is 0 Å². The van der Waals surface area contributed by atoms with Gasteiger partial charge in [0.05, 0.1) is 11.1 Å². The molecule has 108 valence electrons. The number of H-pyrrole nitrogens is 1. The maximum absolute atomic E-state index is 12.0. The number of nitrogens with one attached hydrogen (secondary N) is 1. The van der Waals surface area contributed by atoms with Gasteiger partial charge in [-0.05, 0) is 23.8 Å². The van der Waals surface area contributed by atoms with E-state index in [1.54, 1.807) is 12.1 Å². The number of aromatic carboxylic acids is 1. The highest BCUT2D eigenvalue weighted by molar-refractivity contribution is 5.91. The fourth-order valence-corrected chi connectivity index (χ4v) is 2.12. The molecule has 3 rings (SSSR count). The summed E-state index contributed by atoms with van der Waals surface area (Å²) in [5.74, 6) is -1.25. The van der Waals surface area contributed by atoms with Crippen LogP contribution in [0.3, 0.4) is 0 Å². The van der Waals surface area contributed by atoms with Crippen LogP contribution in [0, 0.1) is 0 Å². The first-order chi connectivity index (χ1) is 10.6. The average molecular weight is 292 g/mol. The zero-order valence-corrected chi connectivity index (χ0v) is 11.5. The molecule has 22 heavy (non-hydrogen) atoms.